The topological polar surface area (TPSA) is 67.4 Å². The first-order chi connectivity index (χ1) is 12.0. The SMILES string of the molecule is O=C(COc1ccccc1F)Nc1ccc(Cl)c(C(=O)NC2CC2)c1. The molecule has 0 unspecified atom stereocenters. The van der Waals surface area contributed by atoms with Gasteiger partial charge in [-0.3, -0.25) is 9.59 Å². The molecular formula is C18H16ClFN2O3. The van der Waals surface area contributed by atoms with Gasteiger partial charge in [0.15, 0.2) is 18.2 Å². The number of nitrogens with one attached hydrogen (secondary N) is 2. The van der Waals surface area contributed by atoms with Gasteiger partial charge in [-0.25, -0.2) is 4.39 Å². The highest BCUT2D eigenvalue weighted by atomic mass is 35.5. The van der Waals surface area contributed by atoms with Crippen molar-refractivity contribution < 1.29 is 18.7 Å². The third-order valence-corrected chi connectivity index (χ3v) is 3.93. The molecule has 130 valence electrons. The van der Waals surface area contributed by atoms with Gasteiger partial charge in [0.2, 0.25) is 0 Å². The fourth-order valence-corrected chi connectivity index (χ4v) is 2.37. The van der Waals surface area contributed by atoms with Crippen molar-refractivity contribution in [1.29, 1.82) is 0 Å². The third-order valence-electron chi connectivity index (χ3n) is 3.60. The van der Waals surface area contributed by atoms with Gasteiger partial charge < -0.3 is 15.4 Å². The van der Waals surface area contributed by atoms with Crippen molar-refractivity contribution in [3.8, 4) is 5.75 Å². The Morgan fingerprint density at radius 1 is 1.20 bits per heavy atom. The smallest absolute Gasteiger partial charge is 0.262 e. The molecule has 2 aromatic rings. The molecule has 0 aromatic heterocycles. The Balaban J connectivity index is 1.61. The van der Waals surface area contributed by atoms with Gasteiger partial charge >= 0.3 is 0 Å². The van der Waals surface area contributed by atoms with E-state index in [-0.39, 0.29) is 24.3 Å². The lowest BCUT2D eigenvalue weighted by Gasteiger charge is -2.10. The maximum Gasteiger partial charge on any atom is 0.262 e. The number of halogens is 2. The molecule has 0 saturated heterocycles. The minimum atomic E-state index is -0.541. The predicted molar refractivity (Wildman–Crippen MR) is 92.5 cm³/mol. The van der Waals surface area contributed by atoms with Crippen molar-refractivity contribution in [3.63, 3.8) is 0 Å². The number of para-hydroxylation sites is 1. The number of carbonyl (C=O) groups is 2. The lowest BCUT2D eigenvalue weighted by molar-refractivity contribution is -0.118. The van der Waals surface area contributed by atoms with Gasteiger partial charge in [-0.2, -0.15) is 0 Å². The number of ether oxygens (including phenoxy) is 1. The van der Waals surface area contributed by atoms with Crippen LogP contribution in [0.5, 0.6) is 5.75 Å². The van der Waals surface area contributed by atoms with Crippen LogP contribution in [0.25, 0.3) is 0 Å². The molecule has 2 N–H and O–H groups in total. The molecule has 0 spiro atoms. The zero-order valence-electron chi connectivity index (χ0n) is 13.2. The Kier molecular flexibility index (Phi) is 5.19. The summed E-state index contributed by atoms with van der Waals surface area (Å²) in [6.07, 6.45) is 1.93. The van der Waals surface area contributed by atoms with E-state index in [2.05, 4.69) is 10.6 Å². The minimum Gasteiger partial charge on any atom is -0.481 e. The summed E-state index contributed by atoms with van der Waals surface area (Å²) in [4.78, 5) is 24.1. The van der Waals surface area contributed by atoms with E-state index in [1.807, 2.05) is 0 Å². The molecule has 1 saturated carbocycles. The monoisotopic (exact) mass is 362 g/mol. The fraction of sp³-hybridized carbons (Fsp3) is 0.222. The summed E-state index contributed by atoms with van der Waals surface area (Å²) in [5.41, 5.74) is 0.703. The first-order valence-electron chi connectivity index (χ1n) is 7.80. The zero-order chi connectivity index (χ0) is 17.8. The predicted octanol–water partition coefficient (Wildman–Crippen LogP) is 3.39. The quantitative estimate of drug-likeness (QED) is 0.827. The van der Waals surface area contributed by atoms with Crippen LogP contribution >= 0.6 is 11.6 Å². The first kappa shape index (κ1) is 17.2. The van der Waals surface area contributed by atoms with E-state index in [9.17, 15) is 14.0 Å². The van der Waals surface area contributed by atoms with Crippen LogP contribution in [-0.4, -0.2) is 24.5 Å². The highest BCUT2D eigenvalue weighted by Crippen LogP contribution is 2.24. The van der Waals surface area contributed by atoms with E-state index in [0.29, 0.717) is 16.3 Å². The maximum absolute atomic E-state index is 13.4. The van der Waals surface area contributed by atoms with Crippen molar-refractivity contribution in [2.24, 2.45) is 0 Å². The Morgan fingerprint density at radius 2 is 1.96 bits per heavy atom. The van der Waals surface area contributed by atoms with Crippen molar-refractivity contribution in [2.75, 3.05) is 11.9 Å². The lowest BCUT2D eigenvalue weighted by Crippen LogP contribution is -2.26. The Bertz CT molecular complexity index is 809. The second-order valence-corrected chi connectivity index (χ2v) is 6.12. The molecule has 1 aliphatic carbocycles. The summed E-state index contributed by atoms with van der Waals surface area (Å²) in [5.74, 6) is -1.29. The molecule has 2 amide bonds. The van der Waals surface area contributed by atoms with E-state index in [4.69, 9.17) is 16.3 Å². The lowest BCUT2D eigenvalue weighted by atomic mass is 10.2. The van der Waals surface area contributed by atoms with E-state index < -0.39 is 11.7 Å². The summed E-state index contributed by atoms with van der Waals surface area (Å²) in [7, 11) is 0. The molecule has 0 atom stereocenters. The molecule has 25 heavy (non-hydrogen) atoms. The molecule has 0 radical (unpaired) electrons. The minimum absolute atomic E-state index is 0.00161. The normalized spacial score (nSPS) is 13.2. The van der Waals surface area contributed by atoms with E-state index in [1.165, 1.54) is 30.3 Å². The highest BCUT2D eigenvalue weighted by Gasteiger charge is 2.24. The van der Waals surface area contributed by atoms with Crippen molar-refractivity contribution >= 4 is 29.1 Å². The second kappa shape index (κ2) is 7.53. The van der Waals surface area contributed by atoms with Gasteiger partial charge in [0.05, 0.1) is 10.6 Å². The summed E-state index contributed by atoms with van der Waals surface area (Å²) in [6.45, 7) is -0.354. The summed E-state index contributed by atoms with van der Waals surface area (Å²) >= 11 is 6.05. The summed E-state index contributed by atoms with van der Waals surface area (Å²) in [5, 5.41) is 5.74. The van der Waals surface area contributed by atoms with Gasteiger partial charge in [0.1, 0.15) is 0 Å². The molecular weight excluding hydrogens is 347 g/mol. The van der Waals surface area contributed by atoms with E-state index >= 15 is 0 Å². The van der Waals surface area contributed by atoms with Crippen molar-refractivity contribution in [1.82, 2.24) is 5.32 Å². The number of anilines is 1. The summed E-state index contributed by atoms with van der Waals surface area (Å²) in [6, 6.07) is 10.7. The van der Waals surface area contributed by atoms with Gasteiger partial charge in [-0.05, 0) is 43.2 Å². The number of rotatable bonds is 6. The molecule has 1 aliphatic rings. The number of benzene rings is 2. The van der Waals surface area contributed by atoms with Crippen molar-refractivity contribution in [2.45, 2.75) is 18.9 Å². The van der Waals surface area contributed by atoms with Crippen LogP contribution in [0.4, 0.5) is 10.1 Å². The number of hydrogen-bond donors (Lipinski definition) is 2. The van der Waals surface area contributed by atoms with Crippen molar-refractivity contribution in [3.05, 3.63) is 58.9 Å². The maximum atomic E-state index is 13.4. The van der Waals surface area contributed by atoms with Gasteiger partial charge in [-0.1, -0.05) is 23.7 Å². The van der Waals surface area contributed by atoms with Crippen LogP contribution in [0.1, 0.15) is 23.2 Å². The molecule has 2 aromatic carbocycles. The van der Waals surface area contributed by atoms with Crippen LogP contribution < -0.4 is 15.4 Å². The third kappa shape index (κ3) is 4.70. The molecule has 3 rings (SSSR count). The molecule has 0 bridgehead atoms. The number of hydrogen-bond acceptors (Lipinski definition) is 3. The average Bonchev–Trinajstić information content (AvgIpc) is 3.40. The number of carbonyl (C=O) groups excluding carboxylic acids is 2. The van der Waals surface area contributed by atoms with Gasteiger partial charge in [0, 0.05) is 11.7 Å². The Morgan fingerprint density at radius 3 is 2.68 bits per heavy atom. The zero-order valence-corrected chi connectivity index (χ0v) is 14.0. The van der Waals surface area contributed by atoms with E-state index in [1.54, 1.807) is 12.1 Å². The van der Waals surface area contributed by atoms with E-state index in [0.717, 1.165) is 12.8 Å². The summed E-state index contributed by atoms with van der Waals surface area (Å²) < 4.78 is 18.6. The van der Waals surface area contributed by atoms with Gasteiger partial charge in [-0.15, -0.1) is 0 Å². The first-order valence-corrected chi connectivity index (χ1v) is 8.18. The molecule has 0 heterocycles. The largest absolute Gasteiger partial charge is 0.481 e. The molecule has 5 nitrogen and oxygen atoms in total. The molecule has 0 aliphatic heterocycles. The van der Waals surface area contributed by atoms with Crippen LogP contribution in [-0.2, 0) is 4.79 Å². The Hall–Kier alpha value is -2.60. The Labute approximate surface area is 149 Å². The fourth-order valence-electron chi connectivity index (χ4n) is 2.17. The highest BCUT2D eigenvalue weighted by molar-refractivity contribution is 6.34. The molecule has 1 fully saturated rings. The molecule has 7 heteroatoms. The van der Waals surface area contributed by atoms with Crippen LogP contribution in [0.3, 0.4) is 0 Å². The van der Waals surface area contributed by atoms with Crippen LogP contribution in [0, 0.1) is 5.82 Å². The van der Waals surface area contributed by atoms with Gasteiger partial charge in [0.25, 0.3) is 11.8 Å². The van der Waals surface area contributed by atoms with Crippen LogP contribution in [0.15, 0.2) is 42.5 Å². The number of amides is 2. The standard InChI is InChI=1S/C18H16ClFN2O3/c19-14-8-7-12(9-13(14)18(24)22-11-5-6-11)21-17(23)10-25-16-4-2-1-3-15(16)20/h1-4,7-9,11H,5-6,10H2,(H,21,23)(H,22,24). The van der Waals surface area contributed by atoms with Crippen LogP contribution in [0.2, 0.25) is 5.02 Å². The second-order valence-electron chi connectivity index (χ2n) is 5.71. The average molecular weight is 363 g/mol.